The molecule has 0 bridgehead atoms. The maximum atomic E-state index is 5.95. The highest BCUT2D eigenvalue weighted by Crippen LogP contribution is 2.17. The molecule has 0 spiro atoms. The van der Waals surface area contributed by atoms with Gasteiger partial charge in [-0.25, -0.2) is 0 Å². The molecular weight excluding hydrogens is 302 g/mol. The standard InChI is InChI=1S/C20H33NO3/c1-3-4-5-6-7-10-13-21-16-22-14-19(24-17-21)15-23-20-12-9-8-11-18(20)2/h8-9,11-12,19H,3-7,10,13-17H2,1-2H3. The Morgan fingerprint density at radius 2 is 1.88 bits per heavy atom. The van der Waals surface area contributed by atoms with Crippen LogP contribution in [0.4, 0.5) is 0 Å². The largest absolute Gasteiger partial charge is 0.491 e. The van der Waals surface area contributed by atoms with E-state index in [2.05, 4.69) is 24.8 Å². The highest BCUT2D eigenvalue weighted by molar-refractivity contribution is 5.31. The molecule has 4 heteroatoms. The quantitative estimate of drug-likeness (QED) is 0.594. The summed E-state index contributed by atoms with van der Waals surface area (Å²) in [5.41, 5.74) is 1.15. The van der Waals surface area contributed by atoms with E-state index in [1.54, 1.807) is 0 Å². The average molecular weight is 335 g/mol. The van der Waals surface area contributed by atoms with Gasteiger partial charge in [-0.2, -0.15) is 0 Å². The topological polar surface area (TPSA) is 30.9 Å². The van der Waals surface area contributed by atoms with Crippen molar-refractivity contribution in [2.75, 3.05) is 33.2 Å². The van der Waals surface area contributed by atoms with Gasteiger partial charge in [0, 0.05) is 6.54 Å². The molecular formula is C20H33NO3. The number of hydrogen-bond donors (Lipinski definition) is 0. The maximum Gasteiger partial charge on any atom is 0.122 e. The van der Waals surface area contributed by atoms with E-state index in [9.17, 15) is 0 Å². The molecule has 0 radical (unpaired) electrons. The van der Waals surface area contributed by atoms with E-state index in [0.717, 1.165) is 17.9 Å². The first-order valence-electron chi connectivity index (χ1n) is 9.39. The normalized spacial score (nSPS) is 19.2. The minimum atomic E-state index is -0.000777. The second-order valence-corrected chi connectivity index (χ2v) is 6.66. The molecule has 4 nitrogen and oxygen atoms in total. The van der Waals surface area contributed by atoms with E-state index < -0.39 is 0 Å². The zero-order valence-electron chi connectivity index (χ0n) is 15.3. The van der Waals surface area contributed by atoms with Crippen molar-refractivity contribution in [2.45, 2.75) is 58.5 Å². The lowest BCUT2D eigenvalue weighted by atomic mass is 10.1. The van der Waals surface area contributed by atoms with Crippen LogP contribution in [0, 0.1) is 6.92 Å². The van der Waals surface area contributed by atoms with E-state index in [4.69, 9.17) is 14.2 Å². The summed E-state index contributed by atoms with van der Waals surface area (Å²) in [7, 11) is 0. The maximum absolute atomic E-state index is 5.95. The third kappa shape index (κ3) is 7.20. The van der Waals surface area contributed by atoms with Crippen LogP contribution in [0.25, 0.3) is 0 Å². The molecule has 24 heavy (non-hydrogen) atoms. The molecule has 2 rings (SSSR count). The van der Waals surface area contributed by atoms with Crippen molar-refractivity contribution < 1.29 is 14.2 Å². The molecule has 1 heterocycles. The molecule has 0 aromatic heterocycles. The zero-order chi connectivity index (χ0) is 17.0. The third-order valence-corrected chi connectivity index (χ3v) is 4.42. The van der Waals surface area contributed by atoms with Gasteiger partial charge in [0.25, 0.3) is 0 Å². The van der Waals surface area contributed by atoms with Crippen LogP contribution in [0.3, 0.4) is 0 Å². The highest BCUT2D eigenvalue weighted by atomic mass is 16.6. The monoisotopic (exact) mass is 335 g/mol. The Morgan fingerprint density at radius 3 is 2.71 bits per heavy atom. The van der Waals surface area contributed by atoms with Gasteiger partial charge in [-0.05, 0) is 25.0 Å². The number of ether oxygens (including phenoxy) is 3. The number of nitrogens with zero attached hydrogens (tertiary/aromatic N) is 1. The molecule has 1 fully saturated rings. The molecule has 1 unspecified atom stereocenters. The summed E-state index contributed by atoms with van der Waals surface area (Å²) in [6.07, 6.45) is 7.90. The van der Waals surface area contributed by atoms with Gasteiger partial charge in [0.05, 0.1) is 6.61 Å². The fourth-order valence-corrected chi connectivity index (χ4v) is 2.85. The van der Waals surface area contributed by atoms with Crippen molar-refractivity contribution in [3.05, 3.63) is 29.8 Å². The van der Waals surface area contributed by atoms with Crippen LogP contribution in [-0.2, 0) is 9.47 Å². The first kappa shape index (κ1) is 19.2. The fourth-order valence-electron chi connectivity index (χ4n) is 2.85. The number of unbranched alkanes of at least 4 members (excludes halogenated alkanes) is 5. The van der Waals surface area contributed by atoms with Crippen LogP contribution >= 0.6 is 0 Å². The second-order valence-electron chi connectivity index (χ2n) is 6.66. The lowest BCUT2D eigenvalue weighted by molar-refractivity contribution is -0.0196. The smallest absolute Gasteiger partial charge is 0.122 e. The minimum absolute atomic E-state index is 0.000777. The van der Waals surface area contributed by atoms with Crippen LogP contribution in [0.5, 0.6) is 5.75 Å². The molecule has 1 saturated heterocycles. The summed E-state index contributed by atoms with van der Waals surface area (Å²) >= 11 is 0. The number of rotatable bonds is 10. The summed E-state index contributed by atoms with van der Waals surface area (Å²) in [4.78, 5) is 2.24. The molecule has 1 aromatic carbocycles. The molecule has 0 amide bonds. The molecule has 1 aliphatic heterocycles. The van der Waals surface area contributed by atoms with Gasteiger partial charge >= 0.3 is 0 Å². The lowest BCUT2D eigenvalue weighted by Crippen LogP contribution is -2.29. The fraction of sp³-hybridized carbons (Fsp3) is 0.700. The van der Waals surface area contributed by atoms with Gasteiger partial charge in [0.1, 0.15) is 31.9 Å². The second kappa shape index (κ2) is 11.5. The van der Waals surface area contributed by atoms with Gasteiger partial charge in [0.15, 0.2) is 0 Å². The third-order valence-electron chi connectivity index (χ3n) is 4.42. The SMILES string of the molecule is CCCCCCCCN1COCC(COc2ccccc2C)OC1. The predicted octanol–water partition coefficient (Wildman–Crippen LogP) is 4.37. The van der Waals surface area contributed by atoms with Crippen LogP contribution in [0.15, 0.2) is 24.3 Å². The Labute approximate surface area is 147 Å². The van der Waals surface area contributed by atoms with Gasteiger partial charge in [0.2, 0.25) is 0 Å². The molecule has 1 aliphatic rings. The van der Waals surface area contributed by atoms with E-state index in [-0.39, 0.29) is 6.10 Å². The Morgan fingerprint density at radius 1 is 1.08 bits per heavy atom. The summed E-state index contributed by atoms with van der Waals surface area (Å²) < 4.78 is 17.6. The zero-order valence-corrected chi connectivity index (χ0v) is 15.3. The summed E-state index contributed by atoms with van der Waals surface area (Å²) in [5, 5.41) is 0. The molecule has 1 atom stereocenters. The first-order valence-corrected chi connectivity index (χ1v) is 9.39. The van der Waals surface area contributed by atoms with Crippen molar-refractivity contribution in [1.82, 2.24) is 4.90 Å². The summed E-state index contributed by atoms with van der Waals surface area (Å²) in [6.45, 7) is 7.80. The number of aryl methyl sites for hydroxylation is 1. The van der Waals surface area contributed by atoms with E-state index in [1.165, 1.54) is 38.5 Å². The van der Waals surface area contributed by atoms with E-state index in [1.807, 2.05) is 18.2 Å². The minimum Gasteiger partial charge on any atom is -0.491 e. The van der Waals surface area contributed by atoms with Gasteiger partial charge in [-0.1, -0.05) is 57.2 Å². The van der Waals surface area contributed by atoms with Crippen molar-refractivity contribution in [1.29, 1.82) is 0 Å². The Hall–Kier alpha value is -1.10. The number of para-hydroxylation sites is 1. The predicted molar refractivity (Wildman–Crippen MR) is 97.3 cm³/mol. The first-order chi connectivity index (χ1) is 11.8. The Balaban J connectivity index is 1.61. The Kier molecular flexibility index (Phi) is 9.18. The molecule has 0 aliphatic carbocycles. The van der Waals surface area contributed by atoms with Gasteiger partial charge < -0.3 is 14.2 Å². The number of hydrogen-bond acceptors (Lipinski definition) is 4. The van der Waals surface area contributed by atoms with Crippen LogP contribution in [-0.4, -0.2) is 44.2 Å². The Bertz CT molecular complexity index is 452. The average Bonchev–Trinajstić information content (AvgIpc) is 2.83. The van der Waals surface area contributed by atoms with E-state index in [0.29, 0.717) is 26.7 Å². The van der Waals surface area contributed by atoms with Crippen LogP contribution in [0.2, 0.25) is 0 Å². The number of benzene rings is 1. The lowest BCUT2D eigenvalue weighted by Gasteiger charge is -2.19. The van der Waals surface area contributed by atoms with Gasteiger partial charge in [-0.15, -0.1) is 0 Å². The van der Waals surface area contributed by atoms with Gasteiger partial charge in [-0.3, -0.25) is 4.90 Å². The molecule has 1 aromatic rings. The molecule has 0 N–H and O–H groups in total. The van der Waals surface area contributed by atoms with Crippen LogP contribution < -0.4 is 4.74 Å². The molecule has 136 valence electrons. The molecule has 0 saturated carbocycles. The summed E-state index contributed by atoms with van der Waals surface area (Å²) in [6, 6.07) is 8.07. The highest BCUT2D eigenvalue weighted by Gasteiger charge is 2.18. The van der Waals surface area contributed by atoms with Crippen molar-refractivity contribution in [3.8, 4) is 5.75 Å². The van der Waals surface area contributed by atoms with Crippen molar-refractivity contribution in [2.24, 2.45) is 0 Å². The van der Waals surface area contributed by atoms with E-state index >= 15 is 0 Å². The summed E-state index contributed by atoms with van der Waals surface area (Å²) in [5.74, 6) is 0.925. The van der Waals surface area contributed by atoms with Crippen molar-refractivity contribution >= 4 is 0 Å². The van der Waals surface area contributed by atoms with Crippen molar-refractivity contribution in [3.63, 3.8) is 0 Å². The van der Waals surface area contributed by atoms with Crippen LogP contribution in [0.1, 0.15) is 51.0 Å².